The van der Waals surface area contributed by atoms with Gasteiger partial charge in [0, 0.05) is 11.8 Å². The lowest BCUT2D eigenvalue weighted by Gasteiger charge is -2.71. The van der Waals surface area contributed by atoms with Crippen LogP contribution in [0.5, 0.6) is 0 Å². The summed E-state index contributed by atoms with van der Waals surface area (Å²) in [5.41, 5.74) is -0.804. The third kappa shape index (κ3) is 2.70. The fourth-order valence-electron chi connectivity index (χ4n) is 10.2. The van der Waals surface area contributed by atoms with Crippen molar-refractivity contribution in [2.24, 2.45) is 45.3 Å². The van der Waals surface area contributed by atoms with Gasteiger partial charge in [-0.15, -0.1) is 0 Å². The fourth-order valence-corrected chi connectivity index (χ4v) is 10.2. The van der Waals surface area contributed by atoms with E-state index in [1.165, 1.54) is 0 Å². The minimum absolute atomic E-state index is 0.0285. The van der Waals surface area contributed by atoms with Crippen LogP contribution in [0.2, 0.25) is 0 Å². The van der Waals surface area contributed by atoms with Crippen molar-refractivity contribution in [3.63, 3.8) is 0 Å². The number of aliphatic hydroxyl groups excluding tert-OH is 2. The van der Waals surface area contributed by atoms with Crippen LogP contribution in [-0.4, -0.2) is 44.2 Å². The number of carboxylic acids is 1. The number of rotatable bonds is 1. The molecule has 190 valence electrons. The summed E-state index contributed by atoms with van der Waals surface area (Å²) in [7, 11) is 0. The Labute approximate surface area is 204 Å². The topological polar surface area (TPSA) is 98.0 Å². The summed E-state index contributed by atoms with van der Waals surface area (Å²) in [5, 5.41) is 44.4. The Kier molecular flexibility index (Phi) is 5.19. The van der Waals surface area contributed by atoms with Crippen LogP contribution < -0.4 is 0 Å². The van der Waals surface area contributed by atoms with Gasteiger partial charge >= 0.3 is 5.97 Å². The molecule has 34 heavy (non-hydrogen) atoms. The Bertz CT molecular complexity index is 952. The molecule has 0 saturated heterocycles. The van der Waals surface area contributed by atoms with Crippen molar-refractivity contribution in [2.45, 2.75) is 104 Å². The lowest BCUT2D eigenvalue weighted by atomic mass is 9.34. The van der Waals surface area contributed by atoms with Gasteiger partial charge in [-0.25, -0.2) is 0 Å². The lowest BCUT2D eigenvalue weighted by molar-refractivity contribution is -0.211. The summed E-state index contributed by atoms with van der Waals surface area (Å²) in [6.45, 7) is 15.0. The van der Waals surface area contributed by atoms with Crippen molar-refractivity contribution in [2.75, 3.05) is 0 Å². The molecule has 5 nitrogen and oxygen atoms in total. The van der Waals surface area contributed by atoms with E-state index in [2.05, 4.69) is 40.3 Å². The summed E-state index contributed by atoms with van der Waals surface area (Å²) in [4.78, 5) is 12.8. The molecule has 0 aromatic heterocycles. The second-order valence-corrected chi connectivity index (χ2v) is 13.6. The molecule has 0 spiro atoms. The van der Waals surface area contributed by atoms with Crippen molar-refractivity contribution in [1.82, 2.24) is 0 Å². The van der Waals surface area contributed by atoms with Crippen LogP contribution in [0.25, 0.3) is 0 Å². The maximum atomic E-state index is 12.8. The Balaban J connectivity index is 1.66. The van der Waals surface area contributed by atoms with Gasteiger partial charge in [-0.1, -0.05) is 45.9 Å². The lowest BCUT2D eigenvalue weighted by Crippen LogP contribution is -2.68. The van der Waals surface area contributed by atoms with Crippen LogP contribution in [0.4, 0.5) is 0 Å². The van der Waals surface area contributed by atoms with Gasteiger partial charge in [0.25, 0.3) is 0 Å². The number of aliphatic hydroxyl groups is 3. The molecule has 4 fully saturated rings. The molecule has 0 amide bonds. The molecule has 0 unspecified atom stereocenters. The van der Waals surface area contributed by atoms with Gasteiger partial charge in [-0.2, -0.15) is 0 Å². The first-order chi connectivity index (χ1) is 15.7. The minimum atomic E-state index is -1.09. The molecule has 0 bridgehead atoms. The molecule has 5 heteroatoms. The van der Waals surface area contributed by atoms with Crippen LogP contribution in [0.15, 0.2) is 23.8 Å². The van der Waals surface area contributed by atoms with Gasteiger partial charge in [0.15, 0.2) is 0 Å². The summed E-state index contributed by atoms with van der Waals surface area (Å²) in [6.07, 6.45) is 6.79. The molecule has 5 aliphatic rings. The Morgan fingerprint density at radius 3 is 2.38 bits per heavy atom. The quantitative estimate of drug-likeness (QED) is 0.415. The molecule has 0 aromatic rings. The van der Waals surface area contributed by atoms with Crippen LogP contribution in [0.1, 0.15) is 86.0 Å². The summed E-state index contributed by atoms with van der Waals surface area (Å²) in [6, 6.07) is 0. The monoisotopic (exact) mass is 472 g/mol. The molecule has 5 aliphatic carbocycles. The average molecular weight is 473 g/mol. The first-order valence-electron chi connectivity index (χ1n) is 13.4. The normalized spacial score (nSPS) is 56.9. The van der Waals surface area contributed by atoms with E-state index in [4.69, 9.17) is 0 Å². The minimum Gasteiger partial charge on any atom is -0.481 e. The first-order valence-corrected chi connectivity index (χ1v) is 13.4. The molecule has 0 aromatic carbocycles. The van der Waals surface area contributed by atoms with E-state index in [1.54, 1.807) is 0 Å². The highest BCUT2D eigenvalue weighted by Crippen LogP contribution is 2.75. The van der Waals surface area contributed by atoms with Gasteiger partial charge < -0.3 is 20.4 Å². The third-order valence-electron chi connectivity index (χ3n) is 12.5. The SMILES string of the molecule is C=C1[C@@H]2[C@H](O)C[C@]3(C)[C@H](CC=C4[C@H]5[C@](C(=O)O)(CC[C@@H](C)[C@@]5(C)O)CC[C@]43C)[C@@]2(C)CC[C@@H]1O. The van der Waals surface area contributed by atoms with Gasteiger partial charge in [-0.3, -0.25) is 4.79 Å². The van der Waals surface area contributed by atoms with E-state index in [0.29, 0.717) is 31.6 Å². The second-order valence-electron chi connectivity index (χ2n) is 13.6. The van der Waals surface area contributed by atoms with E-state index in [-0.39, 0.29) is 28.1 Å². The molecule has 0 aliphatic heterocycles. The van der Waals surface area contributed by atoms with Gasteiger partial charge in [-0.05, 0) is 91.9 Å². The maximum Gasteiger partial charge on any atom is 0.310 e. The van der Waals surface area contributed by atoms with Gasteiger partial charge in [0.2, 0.25) is 0 Å². The molecule has 5 rings (SSSR count). The van der Waals surface area contributed by atoms with Gasteiger partial charge in [0.1, 0.15) is 0 Å². The highest BCUT2D eigenvalue weighted by molar-refractivity contribution is 5.77. The standard InChI is InChI=1S/C29H44O5/c1-16-9-12-29(24(32)33)14-13-26(4)18(23(29)28(16,6)34)7-8-21-25(3)11-10-19(30)17(2)22(25)20(31)15-27(21,26)5/h7,16,19-23,30-31,34H,2,8-15H2,1,3-6H3,(H,32,33)/t16-,19+,20-,21-,22-,23-,25-,26-,27-,28-,29+/m1/s1. The van der Waals surface area contributed by atoms with Crippen molar-refractivity contribution in [1.29, 1.82) is 0 Å². The van der Waals surface area contributed by atoms with E-state index in [0.717, 1.165) is 36.8 Å². The maximum absolute atomic E-state index is 12.8. The number of hydrogen-bond donors (Lipinski definition) is 4. The van der Waals surface area contributed by atoms with Crippen LogP contribution in [0.3, 0.4) is 0 Å². The Hall–Kier alpha value is -1.17. The molecule has 0 heterocycles. The molecule has 4 N–H and O–H groups in total. The summed E-state index contributed by atoms with van der Waals surface area (Å²) < 4.78 is 0. The highest BCUT2D eigenvalue weighted by Gasteiger charge is 2.71. The van der Waals surface area contributed by atoms with Crippen LogP contribution in [0, 0.1) is 45.3 Å². The largest absolute Gasteiger partial charge is 0.481 e. The molecule has 0 radical (unpaired) electrons. The van der Waals surface area contributed by atoms with E-state index in [9.17, 15) is 25.2 Å². The summed E-state index contributed by atoms with van der Waals surface area (Å²) >= 11 is 0. The van der Waals surface area contributed by atoms with Crippen molar-refractivity contribution >= 4 is 5.97 Å². The molecule has 4 saturated carbocycles. The number of carboxylic acid groups (broad SMARTS) is 1. The molecular formula is C29H44O5. The predicted molar refractivity (Wildman–Crippen MR) is 131 cm³/mol. The molecular weight excluding hydrogens is 428 g/mol. The highest BCUT2D eigenvalue weighted by atomic mass is 16.4. The van der Waals surface area contributed by atoms with E-state index in [1.807, 2.05) is 6.92 Å². The van der Waals surface area contributed by atoms with Crippen molar-refractivity contribution in [3.8, 4) is 0 Å². The van der Waals surface area contributed by atoms with Crippen molar-refractivity contribution < 1.29 is 25.2 Å². The Morgan fingerprint density at radius 2 is 1.74 bits per heavy atom. The zero-order chi connectivity index (χ0) is 25.1. The number of carbonyl (C=O) groups is 1. The predicted octanol–water partition coefficient (Wildman–Crippen LogP) is 4.71. The average Bonchev–Trinajstić information content (AvgIpc) is 2.74. The van der Waals surface area contributed by atoms with E-state index < -0.39 is 35.1 Å². The number of allylic oxidation sites excluding steroid dienone is 1. The zero-order valence-electron chi connectivity index (χ0n) is 21.6. The van der Waals surface area contributed by atoms with Gasteiger partial charge in [0.05, 0.1) is 23.2 Å². The summed E-state index contributed by atoms with van der Waals surface area (Å²) in [5.74, 6) is -0.973. The third-order valence-corrected chi connectivity index (χ3v) is 12.5. The number of hydrogen-bond acceptors (Lipinski definition) is 4. The van der Waals surface area contributed by atoms with E-state index >= 15 is 0 Å². The van der Waals surface area contributed by atoms with Crippen LogP contribution in [-0.2, 0) is 4.79 Å². The van der Waals surface area contributed by atoms with Crippen LogP contribution >= 0.6 is 0 Å². The van der Waals surface area contributed by atoms with Crippen molar-refractivity contribution in [3.05, 3.63) is 23.8 Å². The Morgan fingerprint density at radius 1 is 1.06 bits per heavy atom. The smallest absolute Gasteiger partial charge is 0.310 e. The second kappa shape index (κ2) is 7.20. The first kappa shape index (κ1) is 24.5. The fraction of sp³-hybridized carbons (Fsp3) is 0.828. The number of aliphatic carboxylic acids is 1. The number of fused-ring (bicyclic) bond motifs is 7. The molecule has 11 atom stereocenters. The zero-order valence-corrected chi connectivity index (χ0v) is 21.6.